The molecule has 1 nitrogen and oxygen atoms in total. The van der Waals surface area contributed by atoms with Crippen molar-refractivity contribution in [2.45, 2.75) is 0 Å². The van der Waals surface area contributed by atoms with Gasteiger partial charge in [0.1, 0.15) is 11.2 Å². The molecule has 1 heteroatoms. The maximum atomic E-state index is 6.56. The number of furan rings is 1. The molecule has 11 rings (SSSR count). The van der Waals surface area contributed by atoms with Crippen LogP contribution in [0.1, 0.15) is 0 Å². The Morgan fingerprint density at radius 3 is 1.53 bits per heavy atom. The highest BCUT2D eigenvalue weighted by atomic mass is 16.3. The molecule has 0 radical (unpaired) electrons. The average molecular weight is 647 g/mol. The fraction of sp³-hybridized carbons (Fsp3) is 0. The molecule has 0 saturated carbocycles. The van der Waals surface area contributed by atoms with E-state index in [1.807, 2.05) is 0 Å². The van der Waals surface area contributed by atoms with Crippen molar-refractivity contribution in [3.8, 4) is 33.4 Å². The van der Waals surface area contributed by atoms with Gasteiger partial charge in [0, 0.05) is 10.8 Å². The number of hydrogen-bond acceptors (Lipinski definition) is 1. The van der Waals surface area contributed by atoms with E-state index in [9.17, 15) is 0 Å². The number of fused-ring (bicyclic) bond motifs is 10. The SMILES string of the molecule is c1ccc(-c2cccc3c2ccc2c(-c4c5ccccc5c(-c5ccc6c(c5)oc5ccc7ccccc7c56)c5ccccc45)cccc23)cc1. The number of rotatable bonds is 3. The van der Waals surface area contributed by atoms with Crippen LogP contribution >= 0.6 is 0 Å². The maximum absolute atomic E-state index is 6.56. The van der Waals surface area contributed by atoms with Crippen molar-refractivity contribution in [1.82, 2.24) is 0 Å². The van der Waals surface area contributed by atoms with E-state index in [-0.39, 0.29) is 0 Å². The van der Waals surface area contributed by atoms with E-state index in [1.54, 1.807) is 0 Å². The minimum Gasteiger partial charge on any atom is -0.456 e. The molecule has 0 N–H and O–H groups in total. The van der Waals surface area contributed by atoms with Gasteiger partial charge in [-0.05, 0) is 105 Å². The summed E-state index contributed by atoms with van der Waals surface area (Å²) in [5.74, 6) is 0. The molecule has 236 valence electrons. The molecule has 0 spiro atoms. The Kier molecular flexibility index (Phi) is 6.02. The van der Waals surface area contributed by atoms with E-state index in [2.05, 4.69) is 182 Å². The van der Waals surface area contributed by atoms with E-state index in [0.717, 1.165) is 22.1 Å². The summed E-state index contributed by atoms with van der Waals surface area (Å²) in [5, 5.41) is 14.8. The van der Waals surface area contributed by atoms with Crippen LogP contribution in [0.3, 0.4) is 0 Å². The highest BCUT2D eigenvalue weighted by Gasteiger charge is 2.20. The van der Waals surface area contributed by atoms with Crippen molar-refractivity contribution in [3.63, 3.8) is 0 Å². The third kappa shape index (κ3) is 4.16. The van der Waals surface area contributed by atoms with Crippen LogP contribution in [-0.2, 0) is 0 Å². The summed E-state index contributed by atoms with van der Waals surface area (Å²) < 4.78 is 6.56. The summed E-state index contributed by atoms with van der Waals surface area (Å²) in [4.78, 5) is 0. The van der Waals surface area contributed by atoms with Crippen LogP contribution in [0, 0.1) is 0 Å². The van der Waals surface area contributed by atoms with Crippen LogP contribution in [0.2, 0.25) is 0 Å². The van der Waals surface area contributed by atoms with Gasteiger partial charge in [-0.2, -0.15) is 0 Å². The van der Waals surface area contributed by atoms with Crippen molar-refractivity contribution in [2.75, 3.05) is 0 Å². The first kappa shape index (κ1) is 28.2. The first-order valence-electron chi connectivity index (χ1n) is 17.6. The second kappa shape index (κ2) is 10.9. The zero-order chi connectivity index (χ0) is 33.5. The van der Waals surface area contributed by atoms with Crippen molar-refractivity contribution < 1.29 is 4.42 Å². The highest BCUT2D eigenvalue weighted by Crippen LogP contribution is 2.47. The predicted octanol–water partition coefficient (Wildman–Crippen LogP) is 14.4. The predicted molar refractivity (Wildman–Crippen MR) is 218 cm³/mol. The summed E-state index contributed by atoms with van der Waals surface area (Å²) >= 11 is 0. The molecule has 51 heavy (non-hydrogen) atoms. The van der Waals surface area contributed by atoms with E-state index >= 15 is 0 Å². The van der Waals surface area contributed by atoms with Crippen molar-refractivity contribution in [2.24, 2.45) is 0 Å². The van der Waals surface area contributed by atoms with Crippen molar-refractivity contribution in [1.29, 1.82) is 0 Å². The lowest BCUT2D eigenvalue weighted by molar-refractivity contribution is 0.669. The zero-order valence-corrected chi connectivity index (χ0v) is 27.7. The summed E-state index contributed by atoms with van der Waals surface area (Å²) in [6.45, 7) is 0. The van der Waals surface area contributed by atoms with Crippen LogP contribution in [-0.4, -0.2) is 0 Å². The molecule has 0 aliphatic heterocycles. The Balaban J connectivity index is 1.18. The first-order valence-corrected chi connectivity index (χ1v) is 17.6. The molecule has 0 aliphatic carbocycles. The molecule has 10 aromatic carbocycles. The summed E-state index contributed by atoms with van der Waals surface area (Å²) in [6.07, 6.45) is 0. The average Bonchev–Trinajstić information content (AvgIpc) is 3.58. The third-order valence-corrected chi connectivity index (χ3v) is 10.9. The monoisotopic (exact) mass is 646 g/mol. The van der Waals surface area contributed by atoms with Gasteiger partial charge >= 0.3 is 0 Å². The van der Waals surface area contributed by atoms with Gasteiger partial charge < -0.3 is 4.42 Å². The molecule has 0 unspecified atom stereocenters. The van der Waals surface area contributed by atoms with Crippen LogP contribution in [0.25, 0.3) is 109 Å². The standard InChI is InChI=1S/C50H30O/c1-2-12-31(13-3-1)34-20-10-21-36-37-22-11-23-40(39(37)28-27-38(34)36)49-43-18-8-6-16-41(43)48(42-17-7-9-19-44(42)49)33-24-26-45-47(30-33)51-46-29-25-32-14-4-5-15-35(32)50(45)46/h1-30H. The lowest BCUT2D eigenvalue weighted by atomic mass is 9.84. The second-order valence-corrected chi connectivity index (χ2v) is 13.5. The summed E-state index contributed by atoms with van der Waals surface area (Å²) in [7, 11) is 0. The normalized spacial score (nSPS) is 11.9. The first-order chi connectivity index (χ1) is 25.3. The van der Waals surface area contributed by atoms with Gasteiger partial charge in [0.2, 0.25) is 0 Å². The molecule has 0 atom stereocenters. The van der Waals surface area contributed by atoms with Gasteiger partial charge in [-0.1, -0.05) is 164 Å². The molecule has 0 aliphatic rings. The van der Waals surface area contributed by atoms with Gasteiger partial charge in [-0.25, -0.2) is 0 Å². The Morgan fingerprint density at radius 1 is 0.275 bits per heavy atom. The molecule has 0 fully saturated rings. The Labute approximate surface area is 294 Å². The molecule has 0 saturated heterocycles. The van der Waals surface area contributed by atoms with E-state index in [4.69, 9.17) is 4.42 Å². The van der Waals surface area contributed by atoms with Gasteiger partial charge in [-0.15, -0.1) is 0 Å². The largest absolute Gasteiger partial charge is 0.456 e. The molecular formula is C50H30O. The molecule has 1 aromatic heterocycles. The molecular weight excluding hydrogens is 617 g/mol. The molecule has 0 bridgehead atoms. The van der Waals surface area contributed by atoms with Crippen LogP contribution in [0.15, 0.2) is 186 Å². The molecule has 0 amide bonds. The zero-order valence-electron chi connectivity index (χ0n) is 27.7. The van der Waals surface area contributed by atoms with E-state index in [1.165, 1.54) is 87.1 Å². The minimum atomic E-state index is 0.909. The Hall–Kier alpha value is -6.70. The number of benzene rings is 10. The van der Waals surface area contributed by atoms with E-state index in [0.29, 0.717) is 0 Å². The fourth-order valence-electron chi connectivity index (χ4n) is 8.64. The second-order valence-electron chi connectivity index (χ2n) is 13.5. The fourth-order valence-corrected chi connectivity index (χ4v) is 8.64. The van der Waals surface area contributed by atoms with Crippen LogP contribution in [0.4, 0.5) is 0 Å². The summed E-state index contributed by atoms with van der Waals surface area (Å²) in [6, 6.07) is 66.3. The van der Waals surface area contributed by atoms with Gasteiger partial charge in [-0.3, -0.25) is 0 Å². The maximum Gasteiger partial charge on any atom is 0.136 e. The number of hydrogen-bond donors (Lipinski definition) is 0. The molecule has 1 heterocycles. The van der Waals surface area contributed by atoms with Crippen LogP contribution < -0.4 is 0 Å². The lowest BCUT2D eigenvalue weighted by Crippen LogP contribution is -1.92. The topological polar surface area (TPSA) is 13.1 Å². The molecule has 11 aromatic rings. The van der Waals surface area contributed by atoms with Crippen molar-refractivity contribution in [3.05, 3.63) is 182 Å². The Bertz CT molecular complexity index is 3130. The minimum absolute atomic E-state index is 0.909. The summed E-state index contributed by atoms with van der Waals surface area (Å²) in [5.41, 5.74) is 9.23. The van der Waals surface area contributed by atoms with Crippen LogP contribution in [0.5, 0.6) is 0 Å². The Morgan fingerprint density at radius 2 is 0.824 bits per heavy atom. The van der Waals surface area contributed by atoms with Gasteiger partial charge in [0.15, 0.2) is 0 Å². The highest BCUT2D eigenvalue weighted by molar-refractivity contribution is 6.26. The van der Waals surface area contributed by atoms with E-state index < -0.39 is 0 Å². The lowest BCUT2D eigenvalue weighted by Gasteiger charge is -2.19. The quantitative estimate of drug-likeness (QED) is 0.138. The van der Waals surface area contributed by atoms with Crippen molar-refractivity contribution >= 4 is 75.8 Å². The smallest absolute Gasteiger partial charge is 0.136 e. The van der Waals surface area contributed by atoms with Gasteiger partial charge in [0.25, 0.3) is 0 Å². The third-order valence-electron chi connectivity index (χ3n) is 10.9. The van der Waals surface area contributed by atoms with Gasteiger partial charge in [0.05, 0.1) is 0 Å².